The van der Waals surface area contributed by atoms with E-state index in [9.17, 15) is 21.6 Å². The molecule has 0 spiro atoms. The molecule has 0 radical (unpaired) electrons. The third-order valence-electron chi connectivity index (χ3n) is 6.89. The second-order valence-corrected chi connectivity index (χ2v) is 11.5. The van der Waals surface area contributed by atoms with Gasteiger partial charge in [0, 0.05) is 37.3 Å². The van der Waals surface area contributed by atoms with E-state index in [1.807, 2.05) is 24.4 Å². The highest BCUT2D eigenvalue weighted by Crippen LogP contribution is 2.46. The Morgan fingerprint density at radius 1 is 0.944 bits per heavy atom. The molecule has 3 aromatic rings. The molecule has 6 nitrogen and oxygen atoms in total. The summed E-state index contributed by atoms with van der Waals surface area (Å²) >= 11 is 0. The highest BCUT2D eigenvalue weighted by atomic mass is 32.2. The summed E-state index contributed by atoms with van der Waals surface area (Å²) in [6.45, 7) is 1.46. The van der Waals surface area contributed by atoms with E-state index in [0.29, 0.717) is 11.6 Å². The summed E-state index contributed by atoms with van der Waals surface area (Å²) < 4.78 is 63.0. The molecule has 2 aliphatic rings. The van der Waals surface area contributed by atoms with Gasteiger partial charge in [-0.3, -0.25) is 4.98 Å². The topological polar surface area (TPSA) is 66.4 Å². The van der Waals surface area contributed by atoms with Crippen molar-refractivity contribution in [2.75, 3.05) is 29.1 Å². The van der Waals surface area contributed by atoms with Gasteiger partial charge in [0.1, 0.15) is 5.69 Å². The lowest BCUT2D eigenvalue weighted by Crippen LogP contribution is -2.43. The Bertz CT molecular complexity index is 1320. The van der Waals surface area contributed by atoms with E-state index in [4.69, 9.17) is 0 Å². The number of hydrogen-bond donors (Lipinski definition) is 0. The van der Waals surface area contributed by atoms with E-state index in [0.717, 1.165) is 56.2 Å². The Morgan fingerprint density at radius 3 is 2.19 bits per heavy atom. The summed E-state index contributed by atoms with van der Waals surface area (Å²) in [5, 5.41) is 0. The van der Waals surface area contributed by atoms with Crippen LogP contribution in [-0.2, 0) is 16.0 Å². The van der Waals surface area contributed by atoms with Crippen molar-refractivity contribution in [3.63, 3.8) is 0 Å². The number of benzene rings is 1. The predicted octanol–water partition coefficient (Wildman–Crippen LogP) is 5.58. The number of rotatable bonds is 6. The zero-order valence-electron chi connectivity index (χ0n) is 19.8. The maximum atomic E-state index is 13.1. The Labute approximate surface area is 208 Å². The van der Waals surface area contributed by atoms with Crippen LogP contribution in [0.4, 0.5) is 30.2 Å². The number of aromatic nitrogens is 2. The maximum Gasteiger partial charge on any atom is 0.433 e. The molecule has 1 saturated heterocycles. The number of anilines is 3. The molecule has 10 heteroatoms. The molecular formula is C26H27F3N4O2S. The van der Waals surface area contributed by atoms with E-state index >= 15 is 0 Å². The molecule has 190 valence electrons. The van der Waals surface area contributed by atoms with Crippen LogP contribution in [0.2, 0.25) is 0 Å². The number of piperidine rings is 1. The Balaban J connectivity index is 1.41. The van der Waals surface area contributed by atoms with Gasteiger partial charge >= 0.3 is 6.18 Å². The summed E-state index contributed by atoms with van der Waals surface area (Å²) in [7, 11) is -3.26. The van der Waals surface area contributed by atoms with Gasteiger partial charge in [-0.1, -0.05) is 0 Å². The van der Waals surface area contributed by atoms with Crippen molar-refractivity contribution in [2.45, 2.75) is 48.7 Å². The Kier molecular flexibility index (Phi) is 6.40. The van der Waals surface area contributed by atoms with E-state index in [1.165, 1.54) is 24.1 Å². The van der Waals surface area contributed by atoms with Crippen molar-refractivity contribution >= 4 is 26.9 Å². The lowest BCUT2D eigenvalue weighted by atomic mass is 9.99. The summed E-state index contributed by atoms with van der Waals surface area (Å²) in [5.41, 5.74) is 2.76. The van der Waals surface area contributed by atoms with E-state index in [-0.39, 0.29) is 10.9 Å². The van der Waals surface area contributed by atoms with Gasteiger partial charge in [-0.05, 0) is 79.6 Å². The minimum absolute atomic E-state index is 0.0526. The Morgan fingerprint density at radius 2 is 1.64 bits per heavy atom. The van der Waals surface area contributed by atoms with Crippen molar-refractivity contribution < 1.29 is 21.6 Å². The van der Waals surface area contributed by atoms with Gasteiger partial charge in [-0.2, -0.15) is 13.2 Å². The average molecular weight is 517 g/mol. The van der Waals surface area contributed by atoms with E-state index in [1.54, 1.807) is 18.3 Å². The number of alkyl halides is 3. The van der Waals surface area contributed by atoms with Crippen LogP contribution in [0.25, 0.3) is 0 Å². The molecule has 1 aliphatic heterocycles. The van der Waals surface area contributed by atoms with Gasteiger partial charge in [0.05, 0.1) is 28.7 Å². The van der Waals surface area contributed by atoms with Crippen LogP contribution >= 0.6 is 0 Å². The quantitative estimate of drug-likeness (QED) is 0.426. The molecule has 1 saturated carbocycles. The fourth-order valence-corrected chi connectivity index (χ4v) is 5.50. The third kappa shape index (κ3) is 5.18. The zero-order chi connectivity index (χ0) is 25.5. The molecule has 0 N–H and O–H groups in total. The molecule has 2 aromatic heterocycles. The molecule has 0 unspecified atom stereocenters. The first-order chi connectivity index (χ1) is 17.1. The highest BCUT2D eigenvalue weighted by molar-refractivity contribution is 7.90. The molecule has 5 rings (SSSR count). The third-order valence-corrected chi connectivity index (χ3v) is 8.01. The van der Waals surface area contributed by atoms with E-state index < -0.39 is 21.7 Å². The first-order valence-corrected chi connectivity index (χ1v) is 13.8. The molecule has 0 bridgehead atoms. The zero-order valence-corrected chi connectivity index (χ0v) is 20.6. The summed E-state index contributed by atoms with van der Waals surface area (Å²) in [4.78, 5) is 12.7. The van der Waals surface area contributed by atoms with Crippen LogP contribution < -0.4 is 9.80 Å². The lowest BCUT2D eigenvalue weighted by Gasteiger charge is -2.41. The number of sulfone groups is 1. The van der Waals surface area contributed by atoms with Crippen LogP contribution in [0.15, 0.2) is 66.0 Å². The normalized spacial score (nSPS) is 17.3. The standard InChI is InChI=1S/C26H27F3N4O2S/c1-36(34,35)22-7-4-19(5-8-22)32-14-11-20(12-15-32)33(21-6-9-25(31-16-21)26(27,28)29)24-17-30-13-10-23(24)18-2-3-18/h4-10,13,16-18,20H,2-3,11-12,14-15H2,1H3. The van der Waals surface area contributed by atoms with Crippen LogP contribution in [0.3, 0.4) is 0 Å². The van der Waals surface area contributed by atoms with E-state index in [2.05, 4.69) is 19.8 Å². The van der Waals surface area contributed by atoms with Crippen molar-refractivity contribution in [3.8, 4) is 0 Å². The fraction of sp³-hybridized carbons (Fsp3) is 0.385. The first kappa shape index (κ1) is 24.5. The number of hydrogen-bond acceptors (Lipinski definition) is 6. The molecule has 0 atom stereocenters. The highest BCUT2D eigenvalue weighted by Gasteiger charge is 2.35. The molecule has 1 aliphatic carbocycles. The first-order valence-electron chi connectivity index (χ1n) is 11.9. The summed E-state index contributed by atoms with van der Waals surface area (Å²) in [6, 6.07) is 11.5. The Hall–Kier alpha value is -3.14. The van der Waals surface area contributed by atoms with Gasteiger partial charge in [-0.15, -0.1) is 0 Å². The second kappa shape index (κ2) is 9.38. The van der Waals surface area contributed by atoms with Gasteiger partial charge in [0.15, 0.2) is 9.84 Å². The van der Waals surface area contributed by atoms with Gasteiger partial charge in [-0.25, -0.2) is 13.4 Å². The average Bonchev–Trinajstić information content (AvgIpc) is 3.70. The monoisotopic (exact) mass is 516 g/mol. The SMILES string of the molecule is CS(=O)(=O)c1ccc(N2CCC(N(c3ccc(C(F)(F)F)nc3)c3cnccc3C3CC3)CC2)cc1. The van der Waals surface area contributed by atoms with Crippen molar-refractivity contribution in [2.24, 2.45) is 0 Å². The van der Waals surface area contributed by atoms with Crippen molar-refractivity contribution in [1.29, 1.82) is 0 Å². The molecule has 1 aromatic carbocycles. The maximum absolute atomic E-state index is 13.1. The number of halogens is 3. The fourth-order valence-electron chi connectivity index (χ4n) is 4.87. The minimum Gasteiger partial charge on any atom is -0.371 e. The minimum atomic E-state index is -4.49. The van der Waals surface area contributed by atoms with Crippen molar-refractivity contribution in [3.05, 3.63) is 72.3 Å². The second-order valence-electron chi connectivity index (χ2n) is 9.46. The number of nitrogens with zero attached hydrogens (tertiary/aromatic N) is 4. The van der Waals surface area contributed by atoms with Gasteiger partial charge in [0.2, 0.25) is 0 Å². The van der Waals surface area contributed by atoms with Gasteiger partial charge < -0.3 is 9.80 Å². The van der Waals surface area contributed by atoms with Crippen LogP contribution in [-0.4, -0.2) is 43.8 Å². The molecule has 36 heavy (non-hydrogen) atoms. The van der Waals surface area contributed by atoms with Gasteiger partial charge in [0.25, 0.3) is 0 Å². The molecule has 0 amide bonds. The largest absolute Gasteiger partial charge is 0.433 e. The molecular weight excluding hydrogens is 489 g/mol. The molecule has 2 fully saturated rings. The van der Waals surface area contributed by atoms with Crippen LogP contribution in [0.1, 0.15) is 42.9 Å². The smallest absolute Gasteiger partial charge is 0.371 e. The predicted molar refractivity (Wildman–Crippen MR) is 132 cm³/mol. The number of pyridine rings is 2. The summed E-state index contributed by atoms with van der Waals surface area (Å²) in [5.74, 6) is 0.446. The van der Waals surface area contributed by atoms with Crippen LogP contribution in [0.5, 0.6) is 0 Å². The lowest BCUT2D eigenvalue weighted by molar-refractivity contribution is -0.141. The summed E-state index contributed by atoms with van der Waals surface area (Å²) in [6.07, 6.45) is 5.31. The molecule has 3 heterocycles. The van der Waals surface area contributed by atoms with Crippen LogP contribution in [0, 0.1) is 0 Å². The van der Waals surface area contributed by atoms with Crippen molar-refractivity contribution in [1.82, 2.24) is 9.97 Å².